The Morgan fingerprint density at radius 2 is 2.35 bits per heavy atom. The van der Waals surface area contributed by atoms with Crippen molar-refractivity contribution < 1.29 is 4.74 Å². The molecule has 5 heteroatoms. The molecule has 0 N–H and O–H groups in total. The highest BCUT2D eigenvalue weighted by atomic mass is 127. The molecule has 1 aliphatic heterocycles. The summed E-state index contributed by atoms with van der Waals surface area (Å²) in [4.78, 5) is 4.37. The number of halogens is 1. The topological polar surface area (TPSA) is 39.9 Å². The van der Waals surface area contributed by atoms with Crippen molar-refractivity contribution in [3.8, 4) is 11.4 Å². The van der Waals surface area contributed by atoms with Crippen molar-refractivity contribution >= 4 is 22.6 Å². The molecule has 1 fully saturated rings. The minimum absolute atomic E-state index is 0.346. The smallest absolute Gasteiger partial charge is 0.181 e. The highest BCUT2D eigenvalue weighted by Gasteiger charge is 2.19. The maximum Gasteiger partial charge on any atom is 0.181 e. The molecule has 88 valence electrons. The molecule has 0 amide bonds. The van der Waals surface area contributed by atoms with Crippen LogP contribution in [0.1, 0.15) is 12.5 Å². The van der Waals surface area contributed by atoms with E-state index in [-0.39, 0.29) is 0 Å². The maximum absolute atomic E-state index is 5.36. The molecule has 17 heavy (non-hydrogen) atoms. The molecule has 0 radical (unpaired) electrons. The van der Waals surface area contributed by atoms with Gasteiger partial charge in [-0.25, -0.2) is 9.67 Å². The lowest BCUT2D eigenvalue weighted by atomic mass is 10.2. The molecule has 0 bridgehead atoms. The molecule has 1 aromatic heterocycles. The summed E-state index contributed by atoms with van der Waals surface area (Å²) in [6.07, 6.45) is 2.82. The number of aromatic nitrogens is 3. The van der Waals surface area contributed by atoms with Crippen LogP contribution >= 0.6 is 22.6 Å². The van der Waals surface area contributed by atoms with Crippen LogP contribution in [0.4, 0.5) is 0 Å². The van der Waals surface area contributed by atoms with Crippen molar-refractivity contribution in [3.63, 3.8) is 0 Å². The molecule has 0 spiro atoms. The van der Waals surface area contributed by atoms with Crippen LogP contribution < -0.4 is 0 Å². The first-order valence-corrected chi connectivity index (χ1v) is 6.65. The lowest BCUT2D eigenvalue weighted by Crippen LogP contribution is -2.08. The lowest BCUT2D eigenvalue weighted by molar-refractivity contribution is 0.184. The third kappa shape index (κ3) is 2.35. The monoisotopic (exact) mass is 341 g/mol. The molecule has 2 heterocycles. The summed E-state index contributed by atoms with van der Waals surface area (Å²) >= 11 is 2.29. The first-order valence-electron chi connectivity index (χ1n) is 5.58. The van der Waals surface area contributed by atoms with E-state index in [4.69, 9.17) is 4.74 Å². The van der Waals surface area contributed by atoms with E-state index < -0.39 is 0 Å². The van der Waals surface area contributed by atoms with Gasteiger partial charge in [0.1, 0.15) is 6.33 Å². The van der Waals surface area contributed by atoms with Gasteiger partial charge in [-0.2, -0.15) is 5.10 Å². The van der Waals surface area contributed by atoms with E-state index >= 15 is 0 Å². The zero-order chi connectivity index (χ0) is 11.7. The number of hydrogen-bond acceptors (Lipinski definition) is 3. The van der Waals surface area contributed by atoms with Crippen molar-refractivity contribution in [2.24, 2.45) is 0 Å². The number of benzene rings is 1. The molecule has 3 rings (SSSR count). The minimum Gasteiger partial charge on any atom is -0.379 e. The van der Waals surface area contributed by atoms with E-state index in [1.54, 1.807) is 6.33 Å². The Morgan fingerprint density at radius 1 is 1.41 bits per heavy atom. The summed E-state index contributed by atoms with van der Waals surface area (Å²) in [5.74, 6) is 0.787. The maximum atomic E-state index is 5.36. The first kappa shape index (κ1) is 11.2. The summed E-state index contributed by atoms with van der Waals surface area (Å²) in [5, 5.41) is 4.53. The molecule has 1 aliphatic rings. The third-order valence-corrected chi connectivity index (χ3v) is 3.54. The van der Waals surface area contributed by atoms with Crippen molar-refractivity contribution in [2.45, 2.75) is 12.5 Å². The van der Waals surface area contributed by atoms with Gasteiger partial charge in [-0.05, 0) is 41.1 Å². The van der Waals surface area contributed by atoms with Gasteiger partial charge in [0.25, 0.3) is 0 Å². The highest BCUT2D eigenvalue weighted by molar-refractivity contribution is 14.1. The molecule has 1 unspecified atom stereocenters. The number of ether oxygens (including phenoxy) is 1. The van der Waals surface area contributed by atoms with E-state index in [2.05, 4.69) is 44.8 Å². The van der Waals surface area contributed by atoms with Gasteiger partial charge in [-0.1, -0.05) is 12.1 Å². The Kier molecular flexibility index (Phi) is 3.11. The van der Waals surface area contributed by atoms with Gasteiger partial charge < -0.3 is 4.74 Å². The average Bonchev–Trinajstić information content (AvgIpc) is 3.00. The number of hydrogen-bond donors (Lipinski definition) is 0. The molecule has 1 atom stereocenters. The summed E-state index contributed by atoms with van der Waals surface area (Å²) in [6.45, 7) is 1.57. The fourth-order valence-corrected chi connectivity index (χ4v) is 2.48. The van der Waals surface area contributed by atoms with E-state index in [1.807, 2.05) is 16.8 Å². The van der Waals surface area contributed by atoms with Crippen LogP contribution in [-0.2, 0) is 4.74 Å². The second-order valence-corrected chi connectivity index (χ2v) is 5.32. The van der Waals surface area contributed by atoms with Gasteiger partial charge in [0.2, 0.25) is 0 Å². The number of nitrogens with zero attached hydrogens (tertiary/aromatic N) is 3. The average molecular weight is 341 g/mol. The molecule has 0 saturated carbocycles. The Labute approximate surface area is 113 Å². The Hall–Kier alpha value is -0.950. The lowest BCUT2D eigenvalue weighted by Gasteiger charge is -2.05. The second-order valence-electron chi connectivity index (χ2n) is 4.08. The van der Waals surface area contributed by atoms with Gasteiger partial charge >= 0.3 is 0 Å². The molecule has 2 aromatic rings. The van der Waals surface area contributed by atoms with Crippen molar-refractivity contribution in [1.82, 2.24) is 14.8 Å². The summed E-state index contributed by atoms with van der Waals surface area (Å²) in [7, 11) is 0. The summed E-state index contributed by atoms with van der Waals surface area (Å²) in [5.41, 5.74) is 1.06. The summed E-state index contributed by atoms with van der Waals surface area (Å²) < 4.78 is 8.47. The quantitative estimate of drug-likeness (QED) is 0.788. The van der Waals surface area contributed by atoms with Crippen LogP contribution in [0, 0.1) is 3.57 Å². The van der Waals surface area contributed by atoms with Crippen molar-refractivity contribution in [1.29, 1.82) is 0 Å². The normalized spacial score (nSPS) is 19.7. The predicted molar refractivity (Wildman–Crippen MR) is 72.6 cm³/mol. The Balaban J connectivity index is 1.89. The standard InChI is InChI=1S/C12H12IN3O/c13-10-3-1-2-9(6-10)12-14-8-16(15-12)11-4-5-17-7-11/h1-3,6,8,11H,4-5,7H2. The number of rotatable bonds is 2. The second kappa shape index (κ2) is 4.73. The van der Waals surface area contributed by atoms with Crippen LogP contribution in [0.5, 0.6) is 0 Å². The molecule has 1 saturated heterocycles. The van der Waals surface area contributed by atoms with Gasteiger partial charge in [0.05, 0.1) is 12.6 Å². The largest absolute Gasteiger partial charge is 0.379 e. The molecule has 0 aliphatic carbocycles. The summed E-state index contributed by atoms with van der Waals surface area (Å²) in [6, 6.07) is 8.56. The zero-order valence-corrected chi connectivity index (χ0v) is 11.4. The molecule has 4 nitrogen and oxygen atoms in total. The minimum atomic E-state index is 0.346. The van der Waals surface area contributed by atoms with E-state index in [0.717, 1.165) is 31.0 Å². The van der Waals surface area contributed by atoms with E-state index in [1.165, 1.54) is 3.57 Å². The highest BCUT2D eigenvalue weighted by Crippen LogP contribution is 2.21. The van der Waals surface area contributed by atoms with Crippen LogP contribution in [0.2, 0.25) is 0 Å². The van der Waals surface area contributed by atoms with Crippen LogP contribution in [-0.4, -0.2) is 28.0 Å². The Bertz CT molecular complexity index is 520. The van der Waals surface area contributed by atoms with Gasteiger partial charge in [-0.15, -0.1) is 0 Å². The van der Waals surface area contributed by atoms with Gasteiger partial charge in [-0.3, -0.25) is 0 Å². The van der Waals surface area contributed by atoms with E-state index in [0.29, 0.717) is 6.04 Å². The van der Waals surface area contributed by atoms with Crippen LogP contribution in [0.25, 0.3) is 11.4 Å². The Morgan fingerprint density at radius 3 is 3.12 bits per heavy atom. The third-order valence-electron chi connectivity index (χ3n) is 2.87. The van der Waals surface area contributed by atoms with Gasteiger partial charge in [0.15, 0.2) is 5.82 Å². The molecular formula is C12H12IN3O. The van der Waals surface area contributed by atoms with Crippen LogP contribution in [0.3, 0.4) is 0 Å². The van der Waals surface area contributed by atoms with Crippen molar-refractivity contribution in [2.75, 3.05) is 13.2 Å². The van der Waals surface area contributed by atoms with E-state index in [9.17, 15) is 0 Å². The molecular weight excluding hydrogens is 329 g/mol. The SMILES string of the molecule is Ic1cccc(-c2ncn(C3CCOC3)n2)c1. The molecule has 1 aromatic carbocycles. The zero-order valence-electron chi connectivity index (χ0n) is 9.21. The first-order chi connectivity index (χ1) is 8.33. The fraction of sp³-hybridized carbons (Fsp3) is 0.333. The van der Waals surface area contributed by atoms with Crippen molar-refractivity contribution in [3.05, 3.63) is 34.2 Å². The van der Waals surface area contributed by atoms with Crippen LogP contribution in [0.15, 0.2) is 30.6 Å². The fourth-order valence-electron chi connectivity index (χ4n) is 1.94. The predicted octanol–water partition coefficient (Wildman–Crippen LogP) is 2.51. The van der Waals surface area contributed by atoms with Gasteiger partial charge in [0, 0.05) is 15.7 Å².